The molecule has 1 heterocycles. The van der Waals surface area contributed by atoms with Gasteiger partial charge in [-0.1, -0.05) is 6.92 Å². The molecule has 0 aliphatic rings. The molecule has 0 aliphatic heterocycles. The number of nitrogens with zero attached hydrogens (tertiary/aromatic N) is 2. The van der Waals surface area contributed by atoms with Gasteiger partial charge in [0.1, 0.15) is 0 Å². The van der Waals surface area contributed by atoms with Gasteiger partial charge >= 0.3 is 0 Å². The van der Waals surface area contributed by atoms with E-state index in [9.17, 15) is 0 Å². The molecule has 0 bridgehead atoms. The molecule has 13 heavy (non-hydrogen) atoms. The van der Waals surface area contributed by atoms with Crippen molar-refractivity contribution in [3.63, 3.8) is 0 Å². The molecule has 0 saturated carbocycles. The summed E-state index contributed by atoms with van der Waals surface area (Å²) >= 11 is 0. The molecule has 0 unspecified atom stereocenters. The van der Waals surface area contributed by atoms with Gasteiger partial charge in [-0.2, -0.15) is 5.10 Å². The number of rotatable bonds is 6. The summed E-state index contributed by atoms with van der Waals surface area (Å²) in [7, 11) is 1.90. The van der Waals surface area contributed by atoms with E-state index in [2.05, 4.69) is 17.3 Å². The van der Waals surface area contributed by atoms with Gasteiger partial charge in [0, 0.05) is 19.8 Å². The number of hydrogen-bond donors (Lipinski definition) is 1. The van der Waals surface area contributed by atoms with E-state index in [1.807, 2.05) is 19.3 Å². The quantitative estimate of drug-likeness (QED) is 0.654. The van der Waals surface area contributed by atoms with Crippen LogP contribution in [0.3, 0.4) is 0 Å². The summed E-state index contributed by atoms with van der Waals surface area (Å²) in [6.45, 7) is 5.33. The van der Waals surface area contributed by atoms with Gasteiger partial charge in [-0.3, -0.25) is 4.68 Å². The third-order valence-corrected chi connectivity index (χ3v) is 1.69. The third-order valence-electron chi connectivity index (χ3n) is 1.69. The van der Waals surface area contributed by atoms with Gasteiger partial charge < -0.3 is 10.1 Å². The minimum absolute atomic E-state index is 0.603. The normalized spacial score (nSPS) is 10.6. The topological polar surface area (TPSA) is 39.1 Å². The summed E-state index contributed by atoms with van der Waals surface area (Å²) in [6, 6.07) is 1.97. The Kier molecular flexibility index (Phi) is 4.49. The van der Waals surface area contributed by atoms with Crippen LogP contribution in [0.15, 0.2) is 12.3 Å². The second kappa shape index (κ2) is 5.72. The highest BCUT2D eigenvalue weighted by Crippen LogP contribution is 1.95. The van der Waals surface area contributed by atoms with E-state index >= 15 is 0 Å². The monoisotopic (exact) mass is 183 g/mol. The molecule has 4 heteroatoms. The van der Waals surface area contributed by atoms with E-state index in [0.717, 1.165) is 25.4 Å². The first-order valence-electron chi connectivity index (χ1n) is 4.60. The number of likely N-dealkylation sites (N-methyl/N-ethyl adjacent to an activating group) is 1. The first-order chi connectivity index (χ1) is 6.33. The Morgan fingerprint density at radius 3 is 3.08 bits per heavy atom. The molecule has 0 atom stereocenters. The van der Waals surface area contributed by atoms with E-state index < -0.39 is 0 Å². The average Bonchev–Trinajstić information content (AvgIpc) is 2.51. The van der Waals surface area contributed by atoms with E-state index in [1.54, 1.807) is 4.68 Å². The van der Waals surface area contributed by atoms with Crippen LogP contribution in [0, 0.1) is 0 Å². The van der Waals surface area contributed by atoms with Crippen molar-refractivity contribution in [3.8, 4) is 0 Å². The maximum absolute atomic E-state index is 5.40. The Bertz CT molecular complexity index is 235. The van der Waals surface area contributed by atoms with Gasteiger partial charge in [0.25, 0.3) is 0 Å². The summed E-state index contributed by atoms with van der Waals surface area (Å²) in [5, 5.41) is 7.39. The second-order valence-electron chi connectivity index (χ2n) is 2.89. The lowest BCUT2D eigenvalue weighted by atomic mass is 10.5. The van der Waals surface area contributed by atoms with E-state index in [0.29, 0.717) is 6.61 Å². The van der Waals surface area contributed by atoms with Crippen LogP contribution in [-0.4, -0.2) is 29.5 Å². The summed E-state index contributed by atoms with van der Waals surface area (Å²) in [6.07, 6.45) is 1.92. The van der Waals surface area contributed by atoms with Crippen molar-refractivity contribution in [1.29, 1.82) is 0 Å². The van der Waals surface area contributed by atoms with Crippen LogP contribution in [0.25, 0.3) is 0 Å². The molecule has 4 nitrogen and oxygen atoms in total. The SMILES string of the molecule is CCNCCOCc1ccn(C)n1. The molecule has 0 fully saturated rings. The molecule has 0 saturated heterocycles. The number of ether oxygens (including phenoxy) is 1. The lowest BCUT2D eigenvalue weighted by Gasteiger charge is -2.01. The van der Waals surface area contributed by atoms with E-state index in [-0.39, 0.29) is 0 Å². The smallest absolute Gasteiger partial charge is 0.0907 e. The molecule has 0 aliphatic carbocycles. The fourth-order valence-corrected chi connectivity index (χ4v) is 1.04. The van der Waals surface area contributed by atoms with E-state index in [1.165, 1.54) is 0 Å². The Labute approximate surface area is 78.9 Å². The summed E-state index contributed by atoms with van der Waals surface area (Å²) in [5.74, 6) is 0. The van der Waals surface area contributed by atoms with Crippen LogP contribution in [0.2, 0.25) is 0 Å². The van der Waals surface area contributed by atoms with Crippen molar-refractivity contribution in [3.05, 3.63) is 18.0 Å². The zero-order valence-electron chi connectivity index (χ0n) is 8.29. The standard InChI is InChI=1S/C9H17N3O/c1-3-10-5-7-13-8-9-4-6-12(2)11-9/h4,6,10H,3,5,7-8H2,1-2H3. The molecule has 0 spiro atoms. The zero-order valence-corrected chi connectivity index (χ0v) is 8.29. The molecule has 1 aromatic heterocycles. The van der Waals surface area contributed by atoms with Crippen LogP contribution in [0.5, 0.6) is 0 Å². The van der Waals surface area contributed by atoms with Gasteiger partial charge in [-0.25, -0.2) is 0 Å². The summed E-state index contributed by atoms with van der Waals surface area (Å²) in [5.41, 5.74) is 0.985. The van der Waals surface area contributed by atoms with Crippen molar-refractivity contribution in [1.82, 2.24) is 15.1 Å². The van der Waals surface area contributed by atoms with Crippen LogP contribution >= 0.6 is 0 Å². The minimum Gasteiger partial charge on any atom is -0.374 e. The Morgan fingerprint density at radius 2 is 2.46 bits per heavy atom. The van der Waals surface area contributed by atoms with Gasteiger partial charge in [-0.05, 0) is 12.6 Å². The largest absolute Gasteiger partial charge is 0.374 e. The van der Waals surface area contributed by atoms with Gasteiger partial charge in [0.15, 0.2) is 0 Å². The second-order valence-corrected chi connectivity index (χ2v) is 2.89. The molecule has 0 amide bonds. The molecule has 74 valence electrons. The lowest BCUT2D eigenvalue weighted by molar-refractivity contribution is 0.120. The van der Waals surface area contributed by atoms with Crippen LogP contribution in [-0.2, 0) is 18.4 Å². The maximum Gasteiger partial charge on any atom is 0.0907 e. The molecule has 1 rings (SSSR count). The fraction of sp³-hybridized carbons (Fsp3) is 0.667. The minimum atomic E-state index is 0.603. The molecule has 1 N–H and O–H groups in total. The molecule has 0 radical (unpaired) electrons. The maximum atomic E-state index is 5.40. The van der Waals surface area contributed by atoms with Crippen LogP contribution in [0.4, 0.5) is 0 Å². The van der Waals surface area contributed by atoms with Crippen LogP contribution in [0.1, 0.15) is 12.6 Å². The molecule has 0 aromatic carbocycles. The highest BCUT2D eigenvalue weighted by molar-refractivity contribution is 4.96. The highest BCUT2D eigenvalue weighted by atomic mass is 16.5. The predicted molar refractivity (Wildman–Crippen MR) is 51.4 cm³/mol. The number of nitrogens with one attached hydrogen (secondary N) is 1. The molecular formula is C9H17N3O. The summed E-state index contributed by atoms with van der Waals surface area (Å²) < 4.78 is 7.18. The van der Waals surface area contributed by atoms with Crippen molar-refractivity contribution in [2.75, 3.05) is 19.7 Å². The number of aryl methyl sites for hydroxylation is 1. The van der Waals surface area contributed by atoms with Crippen LogP contribution < -0.4 is 5.32 Å². The fourth-order valence-electron chi connectivity index (χ4n) is 1.04. The van der Waals surface area contributed by atoms with Gasteiger partial charge in [0.05, 0.1) is 18.9 Å². The Balaban J connectivity index is 2.06. The van der Waals surface area contributed by atoms with Gasteiger partial charge in [0.2, 0.25) is 0 Å². The van der Waals surface area contributed by atoms with Crippen molar-refractivity contribution < 1.29 is 4.74 Å². The van der Waals surface area contributed by atoms with E-state index in [4.69, 9.17) is 4.74 Å². The van der Waals surface area contributed by atoms with Crippen molar-refractivity contribution >= 4 is 0 Å². The number of hydrogen-bond acceptors (Lipinski definition) is 3. The van der Waals surface area contributed by atoms with Gasteiger partial charge in [-0.15, -0.1) is 0 Å². The van der Waals surface area contributed by atoms with Crippen molar-refractivity contribution in [2.45, 2.75) is 13.5 Å². The Morgan fingerprint density at radius 1 is 1.62 bits per heavy atom. The molecule has 1 aromatic rings. The average molecular weight is 183 g/mol. The number of aromatic nitrogens is 2. The Hall–Kier alpha value is -0.870. The first kappa shape index (κ1) is 10.2. The lowest BCUT2D eigenvalue weighted by Crippen LogP contribution is -2.18. The highest BCUT2D eigenvalue weighted by Gasteiger charge is 1.95. The predicted octanol–water partition coefficient (Wildman–Crippen LogP) is 0.546. The van der Waals surface area contributed by atoms with Crippen molar-refractivity contribution in [2.24, 2.45) is 7.05 Å². The summed E-state index contributed by atoms with van der Waals surface area (Å²) in [4.78, 5) is 0. The first-order valence-corrected chi connectivity index (χ1v) is 4.60. The zero-order chi connectivity index (χ0) is 9.52. The molecular weight excluding hydrogens is 166 g/mol. The third kappa shape index (κ3) is 4.05.